The molecule has 0 aliphatic carbocycles. The van der Waals surface area contributed by atoms with Crippen molar-refractivity contribution in [1.29, 1.82) is 0 Å². The van der Waals surface area contributed by atoms with Crippen molar-refractivity contribution in [1.82, 2.24) is 0 Å². The van der Waals surface area contributed by atoms with Crippen molar-refractivity contribution < 1.29 is 114 Å². The molecule has 4 aromatic carbocycles. The Morgan fingerprint density at radius 3 is 1.02 bits per heavy atom. The molecule has 0 aromatic heterocycles. The summed E-state index contributed by atoms with van der Waals surface area (Å²) in [4.78, 5) is 49.2. The number of esters is 4. The van der Waals surface area contributed by atoms with Gasteiger partial charge in [0.2, 0.25) is 0 Å². The van der Waals surface area contributed by atoms with Gasteiger partial charge >= 0.3 is 75.3 Å². The van der Waals surface area contributed by atoms with Crippen LogP contribution in [0.2, 0.25) is 0 Å². The Labute approximate surface area is 427 Å². The summed E-state index contributed by atoms with van der Waals surface area (Å²) in [6.45, 7) is 11.0. The number of carbonyl (C=O) groups is 4. The molecule has 65 heavy (non-hydrogen) atoms. The van der Waals surface area contributed by atoms with Gasteiger partial charge in [-0.3, -0.25) is 0 Å². The summed E-state index contributed by atoms with van der Waals surface area (Å²) < 4.78 is 36.2. The van der Waals surface area contributed by atoms with Crippen LogP contribution in [0.15, 0.2) is 97.1 Å². The molecule has 0 saturated carbocycles. The minimum atomic E-state index is -0.493. The minimum Gasteiger partial charge on any atom is -0.857 e. The summed E-state index contributed by atoms with van der Waals surface area (Å²) >= 11 is 0. The topological polar surface area (TPSA) is 176 Å². The summed E-state index contributed by atoms with van der Waals surface area (Å²) in [6.07, 6.45) is 2.79. The van der Waals surface area contributed by atoms with Crippen LogP contribution in [0.3, 0.4) is 0 Å². The Hall–Kier alpha value is -3.80. The number of aliphatic hydroxyl groups excluding tert-OH is 1. The molecular weight excluding hydrogens is 860 g/mol. The fourth-order valence-electron chi connectivity index (χ4n) is 6.52. The van der Waals surface area contributed by atoms with E-state index in [9.17, 15) is 19.2 Å². The van der Waals surface area contributed by atoms with Crippen LogP contribution in [0.4, 0.5) is 0 Å². The largest absolute Gasteiger partial charge is 1.00 e. The molecule has 3 heterocycles. The summed E-state index contributed by atoms with van der Waals surface area (Å²) in [6, 6.07) is 29.0. The normalized spacial score (nSPS) is 15.1. The number of benzene rings is 4. The molecule has 4 aromatic rings. The SMILES string of the molecule is C.C.CCC1(CO)COC1.CCC1(COC(=O)c2cc(C(=O)OCC3(CC)COC3)cc(-c3ccccc3)c2)COC1.COC(=O)c1cc(C(=O)OC)cc(-c2ccccc2)c1.C[O-].[K+]. The molecule has 3 saturated heterocycles. The van der Waals surface area contributed by atoms with E-state index in [0.717, 1.165) is 61.8 Å². The zero-order chi connectivity index (χ0) is 45.2. The second-order valence-electron chi connectivity index (χ2n) is 15.7. The van der Waals surface area contributed by atoms with E-state index in [1.54, 1.807) is 30.3 Å². The maximum absolute atomic E-state index is 12.9. The third-order valence-corrected chi connectivity index (χ3v) is 11.4. The van der Waals surface area contributed by atoms with Gasteiger partial charge in [-0.15, -0.1) is 0 Å². The molecule has 3 aliphatic rings. The van der Waals surface area contributed by atoms with Crippen LogP contribution in [0.25, 0.3) is 22.3 Å². The Bertz CT molecular complexity index is 1950. The second kappa shape index (κ2) is 29.1. The number of methoxy groups -OCH3 is 2. The van der Waals surface area contributed by atoms with Crippen LogP contribution < -0.4 is 56.5 Å². The van der Waals surface area contributed by atoms with E-state index in [0.29, 0.717) is 61.9 Å². The summed E-state index contributed by atoms with van der Waals surface area (Å²) in [5, 5.41) is 17.0. The molecule has 3 fully saturated rings. The summed E-state index contributed by atoms with van der Waals surface area (Å²) in [5.41, 5.74) is 4.57. The standard InChI is InChI=1S/C26H30O6.C16H14O4.C6H12O2.CH3O.2CH4.K/c1-3-25(13-29-14-25)17-31-23(27)21-10-20(19-8-6-5-7-9-19)11-22(12-21)24(28)32-18-26(4-2)15-30-16-26;1-19-15(17)13-8-12(11-6-4-3-5-7-11)9-14(10-13)16(18)20-2;1-2-6(3-7)4-8-5-6;1-2;;;/h5-12H,3-4,13-18H2,1-2H3;3-10H,1-2H3;7H,2-5H2,1H3;1H3;2*1H4;/q;;;-1;;;+1. The van der Waals surface area contributed by atoms with Crippen LogP contribution in [-0.4, -0.2) is 110 Å². The van der Waals surface area contributed by atoms with Gasteiger partial charge in [0.15, 0.2) is 0 Å². The average molecular weight is 927 g/mol. The predicted molar refractivity (Wildman–Crippen MR) is 244 cm³/mol. The van der Waals surface area contributed by atoms with Gasteiger partial charge in [0.25, 0.3) is 0 Å². The first-order chi connectivity index (χ1) is 30.0. The first-order valence-corrected chi connectivity index (χ1v) is 20.6. The fourth-order valence-corrected chi connectivity index (χ4v) is 6.52. The number of hydrogen-bond acceptors (Lipinski definition) is 13. The Morgan fingerprint density at radius 2 is 0.800 bits per heavy atom. The predicted octanol–water partition coefficient (Wildman–Crippen LogP) is 5.11. The van der Waals surface area contributed by atoms with Crippen molar-refractivity contribution in [3.63, 3.8) is 0 Å². The van der Waals surface area contributed by atoms with Gasteiger partial charge in [0.1, 0.15) is 13.2 Å². The molecule has 0 amide bonds. The van der Waals surface area contributed by atoms with Gasteiger partial charge in [-0.25, -0.2) is 19.2 Å². The molecule has 7 rings (SSSR count). The van der Waals surface area contributed by atoms with Crippen molar-refractivity contribution in [2.75, 3.05) is 80.8 Å². The van der Waals surface area contributed by atoms with Gasteiger partial charge < -0.3 is 43.4 Å². The Balaban J connectivity index is 0.000000547. The third-order valence-electron chi connectivity index (χ3n) is 11.4. The zero-order valence-corrected chi connectivity index (χ0v) is 40.7. The van der Waals surface area contributed by atoms with Gasteiger partial charge in [0.05, 0.1) is 93.6 Å². The van der Waals surface area contributed by atoms with Crippen LogP contribution >= 0.6 is 0 Å². The van der Waals surface area contributed by atoms with Gasteiger partial charge in [0, 0.05) is 5.41 Å². The number of ether oxygens (including phenoxy) is 7. The average Bonchev–Trinajstić information content (AvgIpc) is 3.29. The quantitative estimate of drug-likeness (QED) is 0.101. The second-order valence-corrected chi connectivity index (χ2v) is 15.7. The van der Waals surface area contributed by atoms with E-state index in [4.69, 9.17) is 43.4 Å². The van der Waals surface area contributed by atoms with E-state index in [-0.39, 0.29) is 89.1 Å². The Kier molecular flexibility index (Phi) is 26.5. The molecule has 0 spiro atoms. The van der Waals surface area contributed by atoms with Gasteiger partial charge in [-0.05, 0) is 77.9 Å². The molecule has 3 aliphatic heterocycles. The van der Waals surface area contributed by atoms with Gasteiger partial charge in [-0.2, -0.15) is 7.11 Å². The van der Waals surface area contributed by atoms with E-state index >= 15 is 0 Å². The molecule has 0 bridgehead atoms. The van der Waals surface area contributed by atoms with Crippen LogP contribution in [0.1, 0.15) is 96.3 Å². The summed E-state index contributed by atoms with van der Waals surface area (Å²) in [7, 11) is 3.35. The first kappa shape index (κ1) is 59.2. The van der Waals surface area contributed by atoms with Crippen molar-refractivity contribution in [3.05, 3.63) is 119 Å². The van der Waals surface area contributed by atoms with Gasteiger partial charge in [-0.1, -0.05) is 96.3 Å². The number of carbonyl (C=O) groups excluding carboxylic acids is 4. The number of rotatable bonds is 14. The monoisotopic (exact) mass is 926 g/mol. The molecular formula is C51H67KO13. The minimum absolute atomic E-state index is 0. The molecule has 0 radical (unpaired) electrons. The third kappa shape index (κ3) is 16.2. The fraction of sp³-hybridized carbons (Fsp3) is 0.451. The van der Waals surface area contributed by atoms with E-state index < -0.39 is 23.9 Å². The first-order valence-electron chi connectivity index (χ1n) is 20.6. The maximum Gasteiger partial charge on any atom is 1.00 e. The Morgan fingerprint density at radius 1 is 0.508 bits per heavy atom. The molecule has 13 nitrogen and oxygen atoms in total. The van der Waals surface area contributed by atoms with Crippen molar-refractivity contribution in [2.45, 2.75) is 54.9 Å². The van der Waals surface area contributed by atoms with Crippen LogP contribution in [-0.2, 0) is 33.2 Å². The van der Waals surface area contributed by atoms with E-state index in [2.05, 4.69) is 20.8 Å². The molecule has 0 unspecified atom stereocenters. The van der Waals surface area contributed by atoms with E-state index in [1.165, 1.54) is 20.3 Å². The smallest absolute Gasteiger partial charge is 0.857 e. The van der Waals surface area contributed by atoms with E-state index in [1.807, 2.05) is 60.7 Å². The molecule has 14 heteroatoms. The number of hydrogen-bond donors (Lipinski definition) is 1. The molecule has 350 valence electrons. The maximum atomic E-state index is 12.9. The molecule has 1 N–H and O–H groups in total. The molecule has 0 atom stereocenters. The van der Waals surface area contributed by atoms with Crippen molar-refractivity contribution in [3.8, 4) is 22.3 Å². The van der Waals surface area contributed by atoms with Crippen LogP contribution in [0, 0.1) is 16.2 Å². The number of aliphatic hydroxyl groups is 1. The van der Waals surface area contributed by atoms with Crippen molar-refractivity contribution >= 4 is 23.9 Å². The van der Waals surface area contributed by atoms with Crippen molar-refractivity contribution in [2.24, 2.45) is 16.2 Å². The zero-order valence-electron chi connectivity index (χ0n) is 37.6. The summed E-state index contributed by atoms with van der Waals surface area (Å²) in [5.74, 6) is -1.89. The van der Waals surface area contributed by atoms with Crippen LogP contribution in [0.5, 0.6) is 0 Å².